The highest BCUT2D eigenvalue weighted by atomic mass is 15.2. The van der Waals surface area contributed by atoms with E-state index < -0.39 is 0 Å². The van der Waals surface area contributed by atoms with Crippen LogP contribution in [0.5, 0.6) is 0 Å². The summed E-state index contributed by atoms with van der Waals surface area (Å²) in [6.07, 6.45) is 2.30. The fraction of sp³-hybridized carbons (Fsp3) is 1.00. The zero-order valence-electron chi connectivity index (χ0n) is 8.22. The zero-order valence-corrected chi connectivity index (χ0v) is 8.22. The number of hydrazine groups is 1. The third kappa shape index (κ3) is 4.38. The van der Waals surface area contributed by atoms with E-state index in [-0.39, 0.29) is 0 Å². The van der Waals surface area contributed by atoms with Gasteiger partial charge in [0.1, 0.15) is 0 Å². The molecule has 2 unspecified atom stereocenters. The first-order valence-corrected chi connectivity index (χ1v) is 4.57. The molecule has 0 radical (unpaired) electrons. The van der Waals surface area contributed by atoms with Gasteiger partial charge in [0.2, 0.25) is 0 Å². The quantitative estimate of drug-likeness (QED) is 0.474. The Morgan fingerprint density at radius 2 is 1.82 bits per heavy atom. The highest BCUT2D eigenvalue weighted by molar-refractivity contribution is 4.67. The van der Waals surface area contributed by atoms with Gasteiger partial charge in [0.05, 0.1) is 0 Å². The van der Waals surface area contributed by atoms with Gasteiger partial charge in [-0.25, -0.2) is 0 Å². The SMILES string of the molecule is CCC(CC(C)C(C)C)NN. The van der Waals surface area contributed by atoms with Crippen molar-refractivity contribution in [2.24, 2.45) is 17.7 Å². The molecule has 0 bridgehead atoms. The number of hydrogen-bond donors (Lipinski definition) is 2. The van der Waals surface area contributed by atoms with Gasteiger partial charge in [0.15, 0.2) is 0 Å². The molecule has 0 aromatic heterocycles. The van der Waals surface area contributed by atoms with E-state index in [1.807, 2.05) is 0 Å². The average Bonchev–Trinajstić information content (AvgIpc) is 1.99. The van der Waals surface area contributed by atoms with E-state index >= 15 is 0 Å². The second-order valence-corrected chi connectivity index (χ2v) is 3.73. The van der Waals surface area contributed by atoms with Gasteiger partial charge in [-0.05, 0) is 24.7 Å². The highest BCUT2D eigenvalue weighted by Crippen LogP contribution is 2.16. The van der Waals surface area contributed by atoms with Gasteiger partial charge in [0, 0.05) is 6.04 Å². The Kier molecular flexibility index (Phi) is 5.51. The van der Waals surface area contributed by atoms with Crippen LogP contribution in [0.25, 0.3) is 0 Å². The number of nitrogens with two attached hydrogens (primary N) is 1. The lowest BCUT2D eigenvalue weighted by atomic mass is 9.90. The Hall–Kier alpha value is -0.0800. The van der Waals surface area contributed by atoms with Crippen molar-refractivity contribution in [1.29, 1.82) is 0 Å². The third-order valence-electron chi connectivity index (χ3n) is 2.52. The minimum Gasteiger partial charge on any atom is -0.271 e. The lowest BCUT2D eigenvalue weighted by molar-refractivity contribution is 0.328. The molecule has 0 saturated heterocycles. The Labute approximate surface area is 70.5 Å². The lowest BCUT2D eigenvalue weighted by Gasteiger charge is -2.21. The van der Waals surface area contributed by atoms with Crippen LogP contribution in [0.1, 0.15) is 40.5 Å². The van der Waals surface area contributed by atoms with E-state index in [2.05, 4.69) is 33.1 Å². The molecule has 0 aliphatic heterocycles. The van der Waals surface area contributed by atoms with Crippen molar-refractivity contribution in [2.45, 2.75) is 46.6 Å². The fourth-order valence-electron chi connectivity index (χ4n) is 1.07. The van der Waals surface area contributed by atoms with Gasteiger partial charge in [-0.3, -0.25) is 11.3 Å². The van der Waals surface area contributed by atoms with Crippen LogP contribution in [0, 0.1) is 11.8 Å². The first kappa shape index (κ1) is 10.9. The number of nitrogens with one attached hydrogen (secondary N) is 1. The molecule has 0 saturated carbocycles. The van der Waals surface area contributed by atoms with Crippen LogP contribution in [-0.4, -0.2) is 6.04 Å². The molecule has 0 heterocycles. The second kappa shape index (κ2) is 5.56. The van der Waals surface area contributed by atoms with Crippen LogP contribution in [0.4, 0.5) is 0 Å². The van der Waals surface area contributed by atoms with E-state index in [4.69, 9.17) is 5.84 Å². The smallest absolute Gasteiger partial charge is 0.0210 e. The minimum atomic E-state index is 0.493. The molecule has 3 N–H and O–H groups in total. The molecule has 0 aliphatic rings. The topological polar surface area (TPSA) is 38.0 Å². The monoisotopic (exact) mass is 158 g/mol. The first-order valence-electron chi connectivity index (χ1n) is 4.57. The van der Waals surface area contributed by atoms with Gasteiger partial charge in [-0.2, -0.15) is 0 Å². The summed E-state index contributed by atoms with van der Waals surface area (Å²) >= 11 is 0. The molecule has 0 fully saturated rings. The summed E-state index contributed by atoms with van der Waals surface area (Å²) in [6, 6.07) is 0.493. The maximum Gasteiger partial charge on any atom is 0.0210 e. The largest absolute Gasteiger partial charge is 0.271 e. The van der Waals surface area contributed by atoms with E-state index in [0.717, 1.165) is 18.3 Å². The van der Waals surface area contributed by atoms with Crippen LogP contribution in [0.3, 0.4) is 0 Å². The fourth-order valence-corrected chi connectivity index (χ4v) is 1.07. The summed E-state index contributed by atoms with van der Waals surface area (Å²) in [5, 5.41) is 0. The highest BCUT2D eigenvalue weighted by Gasteiger charge is 2.12. The van der Waals surface area contributed by atoms with Gasteiger partial charge in [0.25, 0.3) is 0 Å². The number of rotatable bonds is 5. The Balaban J connectivity index is 3.62. The van der Waals surface area contributed by atoms with Crippen molar-refractivity contribution in [2.75, 3.05) is 0 Å². The molecular formula is C9H22N2. The summed E-state index contributed by atoms with van der Waals surface area (Å²) in [6.45, 7) is 8.96. The molecule has 2 heteroatoms. The summed E-state index contributed by atoms with van der Waals surface area (Å²) in [5.74, 6) is 6.90. The molecule has 68 valence electrons. The first-order chi connectivity index (χ1) is 5.11. The standard InChI is InChI=1S/C9H22N2/c1-5-9(11-10)6-8(4)7(2)3/h7-9,11H,5-6,10H2,1-4H3. The normalized spacial score (nSPS) is 16.9. The van der Waals surface area contributed by atoms with Gasteiger partial charge in [-0.15, -0.1) is 0 Å². The Morgan fingerprint density at radius 1 is 1.27 bits per heavy atom. The third-order valence-corrected chi connectivity index (χ3v) is 2.52. The molecule has 2 nitrogen and oxygen atoms in total. The van der Waals surface area contributed by atoms with Crippen molar-refractivity contribution >= 4 is 0 Å². The van der Waals surface area contributed by atoms with Gasteiger partial charge in [-0.1, -0.05) is 27.7 Å². The molecule has 0 aliphatic carbocycles. The van der Waals surface area contributed by atoms with E-state index in [0.29, 0.717) is 6.04 Å². The summed E-state index contributed by atoms with van der Waals surface area (Å²) < 4.78 is 0. The molecule has 0 aromatic carbocycles. The summed E-state index contributed by atoms with van der Waals surface area (Å²) in [5.41, 5.74) is 2.84. The van der Waals surface area contributed by atoms with Crippen molar-refractivity contribution in [3.8, 4) is 0 Å². The van der Waals surface area contributed by atoms with Crippen molar-refractivity contribution in [1.82, 2.24) is 5.43 Å². The molecular weight excluding hydrogens is 136 g/mol. The van der Waals surface area contributed by atoms with Crippen molar-refractivity contribution in [3.63, 3.8) is 0 Å². The average molecular weight is 158 g/mol. The minimum absolute atomic E-state index is 0.493. The maximum atomic E-state index is 5.38. The molecule has 0 spiro atoms. The van der Waals surface area contributed by atoms with Crippen molar-refractivity contribution in [3.05, 3.63) is 0 Å². The predicted octanol–water partition coefficient (Wildman–Crippen LogP) is 1.91. The Morgan fingerprint density at radius 3 is 2.09 bits per heavy atom. The molecule has 2 atom stereocenters. The number of hydrogen-bond acceptors (Lipinski definition) is 2. The Bertz CT molecular complexity index is 87.6. The molecule has 11 heavy (non-hydrogen) atoms. The lowest BCUT2D eigenvalue weighted by Crippen LogP contribution is -2.36. The van der Waals surface area contributed by atoms with Crippen LogP contribution >= 0.6 is 0 Å². The second-order valence-electron chi connectivity index (χ2n) is 3.73. The summed E-state index contributed by atoms with van der Waals surface area (Å²) in [4.78, 5) is 0. The van der Waals surface area contributed by atoms with Crippen molar-refractivity contribution < 1.29 is 0 Å². The van der Waals surface area contributed by atoms with E-state index in [1.54, 1.807) is 0 Å². The van der Waals surface area contributed by atoms with Crippen LogP contribution in [0.15, 0.2) is 0 Å². The predicted molar refractivity (Wildman–Crippen MR) is 50.0 cm³/mol. The maximum absolute atomic E-state index is 5.38. The van der Waals surface area contributed by atoms with E-state index in [1.165, 1.54) is 6.42 Å². The van der Waals surface area contributed by atoms with Crippen LogP contribution in [-0.2, 0) is 0 Å². The molecule has 0 amide bonds. The van der Waals surface area contributed by atoms with Crippen LogP contribution in [0.2, 0.25) is 0 Å². The molecule has 0 aromatic rings. The van der Waals surface area contributed by atoms with E-state index in [9.17, 15) is 0 Å². The molecule has 0 rings (SSSR count). The zero-order chi connectivity index (χ0) is 8.85. The van der Waals surface area contributed by atoms with Gasteiger partial charge >= 0.3 is 0 Å². The summed E-state index contributed by atoms with van der Waals surface area (Å²) in [7, 11) is 0. The van der Waals surface area contributed by atoms with Gasteiger partial charge < -0.3 is 0 Å². The van der Waals surface area contributed by atoms with Crippen LogP contribution < -0.4 is 11.3 Å².